The number of ether oxygens (including phenoxy) is 1. The smallest absolute Gasteiger partial charge is 0.319 e. The summed E-state index contributed by atoms with van der Waals surface area (Å²) >= 11 is 1.85. The van der Waals surface area contributed by atoms with E-state index < -0.39 is 0 Å². The largest absolute Gasteiger partial charge is 0.385 e. The summed E-state index contributed by atoms with van der Waals surface area (Å²) in [6.07, 6.45) is 1.92. The number of carbonyl (C=O) groups is 1. The van der Waals surface area contributed by atoms with Gasteiger partial charge in [-0.15, -0.1) is 11.3 Å². The fourth-order valence-electron chi connectivity index (χ4n) is 2.82. The molecule has 24 heavy (non-hydrogen) atoms. The third-order valence-electron chi connectivity index (χ3n) is 4.11. The van der Waals surface area contributed by atoms with Crippen LogP contribution in [-0.2, 0) is 17.7 Å². The van der Waals surface area contributed by atoms with E-state index >= 15 is 0 Å². The number of fused-ring (bicyclic) bond motifs is 1. The van der Waals surface area contributed by atoms with Crippen LogP contribution in [0.5, 0.6) is 0 Å². The molecule has 2 aromatic rings. The van der Waals surface area contributed by atoms with Gasteiger partial charge in [0, 0.05) is 49.6 Å². The molecule has 2 amide bonds. The first kappa shape index (κ1) is 16.8. The van der Waals surface area contributed by atoms with Crippen molar-refractivity contribution in [2.45, 2.75) is 19.4 Å². The molecule has 0 atom stereocenters. The molecule has 5 nitrogen and oxygen atoms in total. The molecule has 2 heterocycles. The first-order valence-electron chi connectivity index (χ1n) is 8.20. The molecule has 0 fully saturated rings. The number of anilines is 2. The number of hydrogen-bond acceptors (Lipinski definition) is 4. The van der Waals surface area contributed by atoms with Gasteiger partial charge in [0.1, 0.15) is 0 Å². The van der Waals surface area contributed by atoms with Crippen molar-refractivity contribution in [3.05, 3.63) is 46.2 Å². The van der Waals surface area contributed by atoms with E-state index in [1.807, 2.05) is 23.5 Å². The summed E-state index contributed by atoms with van der Waals surface area (Å²) in [5.41, 5.74) is 3.43. The Bertz CT molecular complexity index is 669. The zero-order valence-electron chi connectivity index (χ0n) is 13.9. The maximum atomic E-state index is 11.8. The Morgan fingerprint density at radius 3 is 2.92 bits per heavy atom. The van der Waals surface area contributed by atoms with Crippen molar-refractivity contribution in [3.8, 4) is 0 Å². The summed E-state index contributed by atoms with van der Waals surface area (Å²) < 4.78 is 4.95. The van der Waals surface area contributed by atoms with Crippen molar-refractivity contribution < 1.29 is 9.53 Å². The summed E-state index contributed by atoms with van der Waals surface area (Å²) in [5, 5.41) is 7.84. The summed E-state index contributed by atoms with van der Waals surface area (Å²) in [4.78, 5) is 15.7. The highest BCUT2D eigenvalue weighted by molar-refractivity contribution is 7.10. The van der Waals surface area contributed by atoms with Crippen molar-refractivity contribution in [3.63, 3.8) is 0 Å². The molecular formula is C18H23N3O2S. The summed E-state index contributed by atoms with van der Waals surface area (Å²) in [7, 11) is 1.66. The van der Waals surface area contributed by atoms with E-state index in [-0.39, 0.29) is 6.03 Å². The predicted octanol–water partition coefficient (Wildman–Crippen LogP) is 3.47. The summed E-state index contributed by atoms with van der Waals surface area (Å²) in [5.74, 6) is 0. The van der Waals surface area contributed by atoms with Gasteiger partial charge in [-0.1, -0.05) is 0 Å². The van der Waals surface area contributed by atoms with Gasteiger partial charge in [0.2, 0.25) is 0 Å². The van der Waals surface area contributed by atoms with Crippen molar-refractivity contribution in [2.24, 2.45) is 0 Å². The Morgan fingerprint density at radius 1 is 1.29 bits per heavy atom. The molecule has 0 unspecified atom stereocenters. The number of urea groups is 1. The first-order chi connectivity index (χ1) is 11.8. The van der Waals surface area contributed by atoms with Crippen molar-refractivity contribution in [1.82, 2.24) is 5.32 Å². The number of carbonyl (C=O) groups excluding carboxylic acids is 1. The van der Waals surface area contributed by atoms with Crippen LogP contribution >= 0.6 is 11.3 Å². The van der Waals surface area contributed by atoms with Gasteiger partial charge in [-0.05, 0) is 54.1 Å². The second kappa shape index (κ2) is 8.17. The standard InChI is InChI=1S/C18H23N3O2S/c1-23-11-2-9-19-18(22)20-15-3-5-16(6-4-15)21-10-7-17-14(13-21)8-12-24-17/h3-6,8,12H,2,7,9-11,13H2,1H3,(H2,19,20,22). The molecule has 0 saturated heterocycles. The number of thiophene rings is 1. The highest BCUT2D eigenvalue weighted by Crippen LogP contribution is 2.28. The minimum Gasteiger partial charge on any atom is -0.385 e. The zero-order valence-corrected chi connectivity index (χ0v) is 14.7. The number of hydrogen-bond donors (Lipinski definition) is 2. The average Bonchev–Trinajstić information content (AvgIpc) is 3.07. The molecule has 0 saturated carbocycles. The SMILES string of the molecule is COCCCNC(=O)Nc1ccc(N2CCc3sccc3C2)cc1. The van der Waals surface area contributed by atoms with Gasteiger partial charge in [0.05, 0.1) is 0 Å². The lowest BCUT2D eigenvalue weighted by Gasteiger charge is -2.29. The lowest BCUT2D eigenvalue weighted by atomic mass is 10.1. The lowest BCUT2D eigenvalue weighted by molar-refractivity contribution is 0.194. The molecule has 2 N–H and O–H groups in total. The van der Waals surface area contributed by atoms with Crippen LogP contribution in [0.4, 0.5) is 16.2 Å². The molecule has 1 aliphatic heterocycles. The molecule has 0 radical (unpaired) electrons. The van der Waals surface area contributed by atoms with Gasteiger partial charge in [-0.2, -0.15) is 0 Å². The van der Waals surface area contributed by atoms with E-state index in [2.05, 4.69) is 39.1 Å². The first-order valence-corrected chi connectivity index (χ1v) is 9.08. The van der Waals surface area contributed by atoms with E-state index in [9.17, 15) is 4.79 Å². The number of methoxy groups -OCH3 is 1. The third-order valence-corrected chi connectivity index (χ3v) is 5.13. The lowest BCUT2D eigenvalue weighted by Crippen LogP contribution is -2.30. The average molecular weight is 345 g/mol. The van der Waals surface area contributed by atoms with Crippen LogP contribution < -0.4 is 15.5 Å². The van der Waals surface area contributed by atoms with Crippen molar-refractivity contribution in [2.75, 3.05) is 37.0 Å². The number of nitrogens with zero attached hydrogens (tertiary/aromatic N) is 1. The molecule has 1 aliphatic rings. The van der Waals surface area contributed by atoms with Gasteiger partial charge in [0.25, 0.3) is 0 Å². The van der Waals surface area contributed by atoms with Gasteiger partial charge in [-0.25, -0.2) is 4.79 Å². The molecule has 3 rings (SSSR count). The topological polar surface area (TPSA) is 53.6 Å². The molecule has 128 valence electrons. The van der Waals surface area contributed by atoms with Crippen LogP contribution in [0.1, 0.15) is 16.9 Å². The second-order valence-electron chi connectivity index (χ2n) is 5.81. The van der Waals surface area contributed by atoms with Gasteiger partial charge < -0.3 is 20.3 Å². The Hall–Kier alpha value is -2.05. The Balaban J connectivity index is 1.51. The molecular weight excluding hydrogens is 322 g/mol. The minimum atomic E-state index is -0.181. The van der Waals surface area contributed by atoms with Crippen molar-refractivity contribution in [1.29, 1.82) is 0 Å². The van der Waals surface area contributed by atoms with Crippen molar-refractivity contribution >= 4 is 28.7 Å². The molecule has 6 heteroatoms. The monoisotopic (exact) mass is 345 g/mol. The van der Waals surface area contributed by atoms with E-state index in [0.717, 1.165) is 31.6 Å². The highest BCUT2D eigenvalue weighted by Gasteiger charge is 2.17. The third kappa shape index (κ3) is 4.27. The molecule has 0 bridgehead atoms. The van der Waals surface area contributed by atoms with Crippen LogP contribution in [0.15, 0.2) is 35.7 Å². The normalized spacial score (nSPS) is 13.5. The zero-order chi connectivity index (χ0) is 16.8. The quantitative estimate of drug-likeness (QED) is 0.788. The number of rotatable bonds is 6. The maximum Gasteiger partial charge on any atom is 0.319 e. The van der Waals surface area contributed by atoms with Gasteiger partial charge in [0.15, 0.2) is 0 Å². The van der Waals surface area contributed by atoms with E-state index in [1.165, 1.54) is 16.1 Å². The van der Waals surface area contributed by atoms with Gasteiger partial charge >= 0.3 is 6.03 Å². The second-order valence-corrected chi connectivity index (χ2v) is 6.82. The summed E-state index contributed by atoms with van der Waals surface area (Å²) in [6, 6.07) is 10.1. The predicted molar refractivity (Wildman–Crippen MR) is 99.0 cm³/mol. The minimum absolute atomic E-state index is 0.181. The van der Waals surface area contributed by atoms with Crippen LogP contribution in [0.3, 0.4) is 0 Å². The van der Waals surface area contributed by atoms with E-state index in [0.29, 0.717) is 13.2 Å². The number of amides is 2. The molecule has 0 spiro atoms. The van der Waals surface area contributed by atoms with Crippen LogP contribution in [0.2, 0.25) is 0 Å². The van der Waals surface area contributed by atoms with Crippen LogP contribution in [-0.4, -0.2) is 32.8 Å². The number of nitrogens with one attached hydrogen (secondary N) is 2. The molecule has 1 aromatic heterocycles. The Labute approximate surface area is 146 Å². The molecule has 0 aliphatic carbocycles. The van der Waals surface area contributed by atoms with E-state index in [1.54, 1.807) is 7.11 Å². The highest BCUT2D eigenvalue weighted by atomic mass is 32.1. The maximum absolute atomic E-state index is 11.8. The fourth-order valence-corrected chi connectivity index (χ4v) is 3.71. The van der Waals surface area contributed by atoms with E-state index in [4.69, 9.17) is 4.74 Å². The summed E-state index contributed by atoms with van der Waals surface area (Å²) in [6.45, 7) is 3.26. The fraction of sp³-hybridized carbons (Fsp3) is 0.389. The Kier molecular flexibility index (Phi) is 5.72. The van der Waals surface area contributed by atoms with Gasteiger partial charge in [-0.3, -0.25) is 0 Å². The molecule has 1 aromatic carbocycles. The van der Waals surface area contributed by atoms with Crippen LogP contribution in [0, 0.1) is 0 Å². The van der Waals surface area contributed by atoms with Crippen LogP contribution in [0.25, 0.3) is 0 Å². The Morgan fingerprint density at radius 2 is 2.12 bits per heavy atom. The number of benzene rings is 1.